The number of hydrogen-bond donors (Lipinski definition) is 1. The van der Waals surface area contributed by atoms with Crippen LogP contribution in [0.5, 0.6) is 34.5 Å². The van der Waals surface area contributed by atoms with Crippen molar-refractivity contribution in [2.45, 2.75) is 77.3 Å². The molecule has 0 amide bonds. The summed E-state index contributed by atoms with van der Waals surface area (Å²) >= 11 is 0. The Balaban J connectivity index is 1.21. The fourth-order valence-corrected chi connectivity index (χ4v) is 10.3. The maximum atomic E-state index is 16.5. The van der Waals surface area contributed by atoms with Crippen LogP contribution in [-0.4, -0.2) is 48.1 Å². The minimum atomic E-state index is -1.62. The van der Waals surface area contributed by atoms with E-state index in [2.05, 4.69) is 6.58 Å². The summed E-state index contributed by atoms with van der Waals surface area (Å²) in [5.74, 6) is -1.70. The average molecular weight is 1200 g/mol. The molecule has 0 fully saturated rings. The third-order valence-electron chi connectivity index (χ3n) is 14.9. The first kappa shape index (κ1) is 61.2. The van der Waals surface area contributed by atoms with Gasteiger partial charge in [-0.25, -0.2) is 9.59 Å². The van der Waals surface area contributed by atoms with E-state index < -0.39 is 36.4 Å². The number of aliphatic hydroxyl groups excluding tert-OH is 1. The first-order valence-electron chi connectivity index (χ1n) is 29.8. The third kappa shape index (κ3) is 16.0. The average Bonchev–Trinajstić information content (AvgIpc) is 0.997. The molecule has 13 heteroatoms. The smallest absolute Gasteiger partial charge is 0.339 e. The molecule has 1 N–H and O–H groups in total. The van der Waals surface area contributed by atoms with Crippen LogP contribution in [0.3, 0.4) is 0 Å². The van der Waals surface area contributed by atoms with Crippen molar-refractivity contribution in [1.82, 2.24) is 0 Å². The van der Waals surface area contributed by atoms with Gasteiger partial charge in [0.05, 0.1) is 30.9 Å². The molecular formula is C77H68O13. The topological polar surface area (TPSA) is 147 Å². The summed E-state index contributed by atoms with van der Waals surface area (Å²) in [4.78, 5) is 32.8. The Labute approximate surface area is 524 Å². The molecule has 0 saturated heterocycles. The number of cyclic esters (lactones) is 2. The second kappa shape index (κ2) is 31.0. The van der Waals surface area contributed by atoms with Crippen molar-refractivity contribution in [2.24, 2.45) is 0 Å². The van der Waals surface area contributed by atoms with Crippen LogP contribution in [0.2, 0.25) is 0 Å². The Bertz CT molecular complexity index is 3900. The van der Waals surface area contributed by atoms with Gasteiger partial charge in [0, 0.05) is 11.1 Å². The van der Waals surface area contributed by atoms with Gasteiger partial charge in [0.25, 0.3) is 0 Å². The summed E-state index contributed by atoms with van der Waals surface area (Å²) in [6.45, 7) is 3.72. The van der Waals surface area contributed by atoms with Gasteiger partial charge in [0.2, 0.25) is 11.5 Å². The zero-order valence-electron chi connectivity index (χ0n) is 49.6. The van der Waals surface area contributed by atoms with Crippen molar-refractivity contribution in [3.63, 3.8) is 0 Å². The zero-order valence-corrected chi connectivity index (χ0v) is 49.6. The molecule has 13 nitrogen and oxygen atoms in total. The van der Waals surface area contributed by atoms with E-state index in [-0.39, 0.29) is 116 Å². The van der Waals surface area contributed by atoms with Gasteiger partial charge in [-0.1, -0.05) is 249 Å². The summed E-state index contributed by atoms with van der Waals surface area (Å²) in [5.41, 5.74) is 5.89. The molecule has 1 heterocycles. The van der Waals surface area contributed by atoms with Crippen LogP contribution in [-0.2, 0) is 71.8 Å². The van der Waals surface area contributed by atoms with Crippen LogP contribution >= 0.6 is 0 Å². The van der Waals surface area contributed by atoms with Crippen molar-refractivity contribution in [3.05, 3.63) is 323 Å². The van der Waals surface area contributed by atoms with Crippen molar-refractivity contribution < 1.29 is 62.1 Å². The normalized spacial score (nSPS) is 14.9. The number of aliphatic hydroxyl groups is 1. The van der Waals surface area contributed by atoms with E-state index in [1.807, 2.05) is 243 Å². The lowest BCUT2D eigenvalue weighted by molar-refractivity contribution is -0.146. The quantitative estimate of drug-likeness (QED) is 0.0385. The van der Waals surface area contributed by atoms with Crippen LogP contribution in [0.15, 0.2) is 267 Å². The Hall–Kier alpha value is -10.4. The molecule has 0 aromatic heterocycles. The van der Waals surface area contributed by atoms with Gasteiger partial charge in [-0.3, -0.25) is 0 Å². The molecule has 1 aliphatic rings. The number of fused-ring (bicyclic) bond motifs is 3. The summed E-state index contributed by atoms with van der Waals surface area (Å²) in [6, 6.07) is 79.0. The Morgan fingerprint density at radius 2 is 0.667 bits per heavy atom. The van der Waals surface area contributed by atoms with Gasteiger partial charge in [0.1, 0.15) is 58.0 Å². The number of benzene rings is 10. The van der Waals surface area contributed by atoms with Crippen LogP contribution in [0.25, 0.3) is 11.1 Å². The maximum absolute atomic E-state index is 16.5. The molecule has 0 radical (unpaired) electrons. The fraction of sp³-hybridized carbons (Fsp3) is 0.169. The lowest BCUT2D eigenvalue weighted by Gasteiger charge is -2.34. The highest BCUT2D eigenvalue weighted by Crippen LogP contribution is 2.56. The molecule has 0 unspecified atom stereocenters. The molecule has 0 spiro atoms. The molecule has 4 atom stereocenters. The molecule has 0 aliphatic carbocycles. The van der Waals surface area contributed by atoms with Gasteiger partial charge in [0.15, 0.2) is 29.1 Å². The highest BCUT2D eigenvalue weighted by atomic mass is 16.6. The van der Waals surface area contributed by atoms with Crippen molar-refractivity contribution in [3.8, 4) is 45.6 Å². The monoisotopic (exact) mass is 1200 g/mol. The first-order valence-corrected chi connectivity index (χ1v) is 29.8. The van der Waals surface area contributed by atoms with E-state index in [9.17, 15) is 5.11 Å². The Morgan fingerprint density at radius 1 is 0.378 bits per heavy atom. The molecular weight excluding hydrogens is 1130 g/mol. The second-order valence-electron chi connectivity index (χ2n) is 21.4. The van der Waals surface area contributed by atoms with Crippen LogP contribution in [0, 0.1) is 0 Å². The lowest BCUT2D eigenvalue weighted by atomic mass is 9.91. The molecule has 0 bridgehead atoms. The van der Waals surface area contributed by atoms with E-state index >= 15 is 9.59 Å². The number of carbonyl (C=O) groups is 2. The lowest BCUT2D eigenvalue weighted by Crippen LogP contribution is -2.50. The van der Waals surface area contributed by atoms with E-state index in [0.29, 0.717) is 0 Å². The summed E-state index contributed by atoms with van der Waals surface area (Å²) in [7, 11) is 0. The number of hydrogen-bond acceptors (Lipinski definition) is 13. The van der Waals surface area contributed by atoms with Crippen LogP contribution < -0.4 is 28.4 Å². The predicted octanol–water partition coefficient (Wildman–Crippen LogP) is 15.2. The largest absolute Gasteiger partial charge is 0.485 e. The second-order valence-corrected chi connectivity index (χ2v) is 21.4. The molecule has 454 valence electrons. The number of ether oxygens (including phenoxy) is 10. The number of carbonyl (C=O) groups excluding carboxylic acids is 2. The summed E-state index contributed by atoms with van der Waals surface area (Å²) in [5, 5.41) is 12.7. The fourth-order valence-electron chi connectivity index (χ4n) is 10.3. The molecule has 11 rings (SSSR count). The van der Waals surface area contributed by atoms with Gasteiger partial charge in [-0.2, -0.15) is 0 Å². The van der Waals surface area contributed by atoms with Crippen molar-refractivity contribution in [2.75, 3.05) is 6.61 Å². The highest BCUT2D eigenvalue weighted by Gasteiger charge is 2.44. The van der Waals surface area contributed by atoms with E-state index in [1.165, 1.54) is 18.2 Å². The Kier molecular flexibility index (Phi) is 21.1. The van der Waals surface area contributed by atoms with Gasteiger partial charge >= 0.3 is 11.9 Å². The molecule has 0 saturated carbocycles. The number of esters is 2. The highest BCUT2D eigenvalue weighted by molar-refractivity contribution is 6.09. The van der Waals surface area contributed by atoms with E-state index in [0.717, 1.165) is 44.5 Å². The third-order valence-corrected chi connectivity index (χ3v) is 14.9. The minimum absolute atomic E-state index is 0.00230. The Morgan fingerprint density at radius 3 is 1.00 bits per heavy atom. The van der Waals surface area contributed by atoms with Crippen molar-refractivity contribution in [1.29, 1.82) is 0 Å². The van der Waals surface area contributed by atoms with Crippen molar-refractivity contribution >= 4 is 11.9 Å². The molecule has 10 aromatic rings. The zero-order chi connectivity index (χ0) is 61.7. The van der Waals surface area contributed by atoms with E-state index in [1.54, 1.807) is 0 Å². The summed E-state index contributed by atoms with van der Waals surface area (Å²) in [6.07, 6.45) is -4.70. The predicted molar refractivity (Wildman–Crippen MR) is 342 cm³/mol. The van der Waals surface area contributed by atoms with Gasteiger partial charge < -0.3 is 52.5 Å². The molecule has 90 heavy (non-hydrogen) atoms. The van der Waals surface area contributed by atoms with Crippen LogP contribution in [0.4, 0.5) is 0 Å². The summed E-state index contributed by atoms with van der Waals surface area (Å²) < 4.78 is 68.5. The van der Waals surface area contributed by atoms with Gasteiger partial charge in [-0.15, -0.1) is 0 Å². The standard InChI is InChI=1S/C77H68O13/c1-2-65-71(84-48-57-33-17-6-18-34-57)70(64(78)53-81-45-54-27-11-3-12-28-54)90-77(80)63-44-67(83-47-56-31-15-5-16-32-56)73(86-50-59-37-21-8-22-38-59)75(88-52-61-41-25-10-26-42-61)69(63)68-62(76(79)89-65)43-66(82-46-55-29-13-4-14-30-55)72(85-49-58-35-19-7-20-36-58)74(68)87-51-60-39-23-9-24-40-60/h2-44,64-65,70-71,78H,1,45-53H2/t64-,65+,70-,71-/m1/s1. The molecule has 10 aromatic carbocycles. The first-order chi connectivity index (χ1) is 44.3. The number of rotatable bonds is 27. The van der Waals surface area contributed by atoms with Gasteiger partial charge in [-0.05, 0) is 62.7 Å². The van der Waals surface area contributed by atoms with Crippen LogP contribution in [0.1, 0.15) is 65.2 Å². The van der Waals surface area contributed by atoms with E-state index in [4.69, 9.17) is 47.4 Å². The maximum Gasteiger partial charge on any atom is 0.339 e. The SMILES string of the molecule is C=C[C@@H]1OC(=O)c2cc(OCc3ccccc3)c(OCc3ccccc3)c(OCc3ccccc3)c2-c2c(cc(OCc3ccccc3)c(OCc3ccccc3)c2OCc2ccccc2)C(=O)O[C@H]([C@H](O)COCc2ccccc2)[C@@H]1OCc1ccccc1. The molecule has 1 aliphatic heterocycles. The minimum Gasteiger partial charge on any atom is -0.485 e.